The lowest BCUT2D eigenvalue weighted by molar-refractivity contribution is -0.150. The van der Waals surface area contributed by atoms with Gasteiger partial charge in [-0.3, -0.25) is 9.69 Å². The monoisotopic (exact) mass is 268 g/mol. The summed E-state index contributed by atoms with van der Waals surface area (Å²) in [5, 5.41) is 0. The number of methoxy groups -OCH3 is 1. The minimum atomic E-state index is -0.0361. The molecule has 0 unspecified atom stereocenters. The van der Waals surface area contributed by atoms with Crippen LogP contribution in [0.15, 0.2) is 0 Å². The molecule has 2 fully saturated rings. The van der Waals surface area contributed by atoms with Gasteiger partial charge >= 0.3 is 5.97 Å². The summed E-state index contributed by atoms with van der Waals surface area (Å²) in [4.78, 5) is 16.9. The normalized spacial score (nSPS) is 27.7. The summed E-state index contributed by atoms with van der Waals surface area (Å²) in [6.07, 6.45) is 5.72. The number of hydrogen-bond acceptors (Lipinski definition) is 4. The maximum atomic E-state index is 11.9. The van der Waals surface area contributed by atoms with Crippen LogP contribution in [0.4, 0.5) is 0 Å². The first kappa shape index (κ1) is 14.8. The molecule has 0 aromatic carbocycles. The van der Waals surface area contributed by atoms with Crippen LogP contribution in [-0.4, -0.2) is 60.6 Å². The molecular formula is C15H28N2O2. The van der Waals surface area contributed by atoms with Crippen LogP contribution in [0.25, 0.3) is 0 Å². The number of piperidine rings is 2. The van der Waals surface area contributed by atoms with Gasteiger partial charge in [-0.25, -0.2) is 0 Å². The van der Waals surface area contributed by atoms with Crippen molar-refractivity contribution in [2.24, 2.45) is 0 Å². The number of rotatable bonds is 3. The van der Waals surface area contributed by atoms with Crippen molar-refractivity contribution in [1.29, 1.82) is 0 Å². The highest BCUT2D eigenvalue weighted by Crippen LogP contribution is 2.26. The molecule has 4 heteroatoms. The molecule has 2 heterocycles. The van der Waals surface area contributed by atoms with Gasteiger partial charge < -0.3 is 9.64 Å². The van der Waals surface area contributed by atoms with Crippen molar-refractivity contribution >= 4 is 5.97 Å². The van der Waals surface area contributed by atoms with Crippen LogP contribution in [0, 0.1) is 0 Å². The van der Waals surface area contributed by atoms with Gasteiger partial charge in [0.1, 0.15) is 6.04 Å². The highest BCUT2D eigenvalue weighted by molar-refractivity contribution is 5.75. The maximum Gasteiger partial charge on any atom is 0.323 e. The van der Waals surface area contributed by atoms with E-state index >= 15 is 0 Å². The second-order valence-electron chi connectivity index (χ2n) is 6.13. The minimum Gasteiger partial charge on any atom is -0.468 e. The van der Waals surface area contributed by atoms with Gasteiger partial charge in [0.2, 0.25) is 0 Å². The van der Waals surface area contributed by atoms with E-state index in [-0.39, 0.29) is 12.0 Å². The summed E-state index contributed by atoms with van der Waals surface area (Å²) in [7, 11) is 1.51. The lowest BCUT2D eigenvalue weighted by Gasteiger charge is -2.44. The summed E-state index contributed by atoms with van der Waals surface area (Å²) in [6.45, 7) is 7.91. The van der Waals surface area contributed by atoms with Crippen LogP contribution >= 0.6 is 0 Å². The molecule has 0 bridgehead atoms. The second kappa shape index (κ2) is 6.71. The van der Waals surface area contributed by atoms with Gasteiger partial charge in [0.25, 0.3) is 0 Å². The molecule has 0 saturated carbocycles. The Kier molecular flexibility index (Phi) is 5.22. The number of ether oxygens (including phenoxy) is 1. The number of likely N-dealkylation sites (tertiary alicyclic amines) is 2. The van der Waals surface area contributed by atoms with E-state index in [0.29, 0.717) is 12.1 Å². The van der Waals surface area contributed by atoms with E-state index < -0.39 is 0 Å². The zero-order chi connectivity index (χ0) is 13.8. The predicted molar refractivity (Wildman–Crippen MR) is 76.1 cm³/mol. The largest absolute Gasteiger partial charge is 0.468 e. The molecule has 0 amide bonds. The zero-order valence-corrected chi connectivity index (χ0v) is 12.6. The van der Waals surface area contributed by atoms with Crippen molar-refractivity contribution in [3.8, 4) is 0 Å². The quantitative estimate of drug-likeness (QED) is 0.732. The summed E-state index contributed by atoms with van der Waals surface area (Å²) in [6, 6.07) is 1.22. The summed E-state index contributed by atoms with van der Waals surface area (Å²) in [5.74, 6) is -0.0361. The standard InChI is InChI=1S/C15H28N2O2/c1-12(2)16-10-7-13(8-11-16)17-9-5-4-6-14(17)15(18)19-3/h12-14H,4-11H2,1-3H3/t14-/m0/s1. The molecule has 0 aliphatic carbocycles. The minimum absolute atomic E-state index is 0.00866. The molecule has 2 aliphatic rings. The Bertz CT molecular complexity index is 299. The molecule has 2 rings (SSSR count). The van der Waals surface area contributed by atoms with E-state index in [0.717, 1.165) is 32.5 Å². The smallest absolute Gasteiger partial charge is 0.323 e. The summed E-state index contributed by atoms with van der Waals surface area (Å²) in [5.41, 5.74) is 0. The van der Waals surface area contributed by atoms with E-state index in [9.17, 15) is 4.79 Å². The van der Waals surface area contributed by atoms with Crippen LogP contribution in [-0.2, 0) is 9.53 Å². The highest BCUT2D eigenvalue weighted by atomic mass is 16.5. The summed E-state index contributed by atoms with van der Waals surface area (Å²) >= 11 is 0. The second-order valence-corrected chi connectivity index (χ2v) is 6.13. The van der Waals surface area contributed by atoms with Crippen LogP contribution in [0.3, 0.4) is 0 Å². The van der Waals surface area contributed by atoms with Crippen LogP contribution in [0.2, 0.25) is 0 Å². The lowest BCUT2D eigenvalue weighted by atomic mass is 9.94. The van der Waals surface area contributed by atoms with Crippen molar-refractivity contribution in [1.82, 2.24) is 9.80 Å². The van der Waals surface area contributed by atoms with Crippen molar-refractivity contribution in [3.63, 3.8) is 0 Å². The van der Waals surface area contributed by atoms with Gasteiger partial charge in [0.05, 0.1) is 7.11 Å². The Morgan fingerprint density at radius 2 is 1.79 bits per heavy atom. The first-order valence-corrected chi connectivity index (χ1v) is 7.71. The van der Waals surface area contributed by atoms with E-state index in [1.54, 1.807) is 0 Å². The van der Waals surface area contributed by atoms with E-state index in [1.807, 2.05) is 0 Å². The lowest BCUT2D eigenvalue weighted by Crippen LogP contribution is -2.54. The highest BCUT2D eigenvalue weighted by Gasteiger charge is 2.35. The van der Waals surface area contributed by atoms with Crippen molar-refractivity contribution < 1.29 is 9.53 Å². The molecule has 0 radical (unpaired) electrons. The van der Waals surface area contributed by atoms with Gasteiger partial charge in [-0.15, -0.1) is 0 Å². The van der Waals surface area contributed by atoms with E-state index in [1.165, 1.54) is 26.4 Å². The Balaban J connectivity index is 1.94. The Morgan fingerprint density at radius 3 is 2.37 bits per heavy atom. The average Bonchev–Trinajstić information content (AvgIpc) is 2.46. The zero-order valence-electron chi connectivity index (χ0n) is 12.6. The van der Waals surface area contributed by atoms with E-state index in [2.05, 4.69) is 23.6 Å². The Hall–Kier alpha value is -0.610. The van der Waals surface area contributed by atoms with Gasteiger partial charge in [-0.05, 0) is 59.2 Å². The van der Waals surface area contributed by atoms with E-state index in [4.69, 9.17) is 4.74 Å². The number of carbonyl (C=O) groups is 1. The first-order valence-electron chi connectivity index (χ1n) is 7.71. The van der Waals surface area contributed by atoms with Crippen LogP contribution < -0.4 is 0 Å². The molecule has 2 aliphatic heterocycles. The fraction of sp³-hybridized carbons (Fsp3) is 0.933. The molecule has 4 nitrogen and oxygen atoms in total. The fourth-order valence-corrected chi connectivity index (χ4v) is 3.51. The third-order valence-corrected chi connectivity index (χ3v) is 4.72. The van der Waals surface area contributed by atoms with Gasteiger partial charge in [0.15, 0.2) is 0 Å². The number of esters is 1. The molecule has 0 aromatic rings. The topological polar surface area (TPSA) is 32.8 Å². The van der Waals surface area contributed by atoms with Crippen LogP contribution in [0.5, 0.6) is 0 Å². The molecule has 0 N–H and O–H groups in total. The van der Waals surface area contributed by atoms with Crippen molar-refractivity contribution in [3.05, 3.63) is 0 Å². The first-order chi connectivity index (χ1) is 9.13. The Labute approximate surface area is 117 Å². The van der Waals surface area contributed by atoms with Crippen molar-refractivity contribution in [2.75, 3.05) is 26.7 Å². The molecule has 0 aromatic heterocycles. The molecule has 2 saturated heterocycles. The van der Waals surface area contributed by atoms with Gasteiger partial charge in [0, 0.05) is 12.1 Å². The number of hydrogen-bond donors (Lipinski definition) is 0. The predicted octanol–water partition coefficient (Wildman–Crippen LogP) is 1.89. The number of nitrogens with zero attached hydrogens (tertiary/aromatic N) is 2. The molecule has 1 atom stereocenters. The molecule has 19 heavy (non-hydrogen) atoms. The maximum absolute atomic E-state index is 11.9. The van der Waals surface area contributed by atoms with Gasteiger partial charge in [-0.1, -0.05) is 6.42 Å². The summed E-state index contributed by atoms with van der Waals surface area (Å²) < 4.78 is 4.98. The average molecular weight is 268 g/mol. The fourth-order valence-electron chi connectivity index (χ4n) is 3.51. The third-order valence-electron chi connectivity index (χ3n) is 4.72. The van der Waals surface area contributed by atoms with Gasteiger partial charge in [-0.2, -0.15) is 0 Å². The number of carbonyl (C=O) groups excluding carboxylic acids is 1. The third kappa shape index (κ3) is 3.48. The van der Waals surface area contributed by atoms with Crippen LogP contribution in [0.1, 0.15) is 46.0 Å². The molecule has 0 spiro atoms. The molecule has 110 valence electrons. The van der Waals surface area contributed by atoms with Crippen molar-refractivity contribution in [2.45, 2.75) is 64.1 Å². The SMILES string of the molecule is COC(=O)[C@@H]1CCCCN1C1CCN(C(C)C)CC1. The molecular weight excluding hydrogens is 240 g/mol. The Morgan fingerprint density at radius 1 is 1.11 bits per heavy atom.